The Morgan fingerprint density at radius 1 is 1.00 bits per heavy atom. The van der Waals surface area contributed by atoms with Crippen molar-refractivity contribution in [3.63, 3.8) is 0 Å². The SMILES string of the molecule is CC(=O)c1ccc(-c2cccc(CNC(=O)[C@@H]3CCCN3S(=O)(=O)c3ccc(F)cc3)c2)cc1. The maximum absolute atomic E-state index is 13.2. The molecule has 1 saturated heterocycles. The van der Waals surface area contributed by atoms with Crippen LogP contribution in [0.3, 0.4) is 0 Å². The zero-order valence-electron chi connectivity index (χ0n) is 18.7. The average Bonchev–Trinajstić information content (AvgIpc) is 3.34. The predicted octanol–water partition coefficient (Wildman–Crippen LogP) is 4.16. The van der Waals surface area contributed by atoms with E-state index in [4.69, 9.17) is 0 Å². The number of amides is 1. The number of nitrogens with zero attached hydrogens (tertiary/aromatic N) is 1. The van der Waals surface area contributed by atoms with Gasteiger partial charge in [0.15, 0.2) is 5.78 Å². The monoisotopic (exact) mass is 480 g/mol. The maximum Gasteiger partial charge on any atom is 0.243 e. The number of benzene rings is 3. The fourth-order valence-electron chi connectivity index (χ4n) is 4.10. The number of ketones is 1. The summed E-state index contributed by atoms with van der Waals surface area (Å²) in [5, 5.41) is 2.86. The molecule has 6 nitrogen and oxygen atoms in total. The molecule has 1 fully saturated rings. The molecule has 3 aromatic rings. The molecule has 0 radical (unpaired) electrons. The van der Waals surface area contributed by atoms with Crippen LogP contribution in [0, 0.1) is 5.82 Å². The van der Waals surface area contributed by atoms with Crippen LogP contribution in [0.15, 0.2) is 77.7 Å². The highest BCUT2D eigenvalue weighted by Crippen LogP contribution is 2.27. The highest BCUT2D eigenvalue weighted by atomic mass is 32.2. The summed E-state index contributed by atoms with van der Waals surface area (Å²) in [6.07, 6.45) is 0.999. The number of nitrogens with one attached hydrogen (secondary N) is 1. The lowest BCUT2D eigenvalue weighted by atomic mass is 10.0. The minimum atomic E-state index is -3.90. The first-order valence-electron chi connectivity index (χ1n) is 11.0. The summed E-state index contributed by atoms with van der Waals surface area (Å²) in [7, 11) is -3.90. The van der Waals surface area contributed by atoms with E-state index in [1.54, 1.807) is 12.1 Å². The van der Waals surface area contributed by atoms with Crippen LogP contribution in [0.25, 0.3) is 11.1 Å². The average molecular weight is 481 g/mol. The smallest absolute Gasteiger partial charge is 0.243 e. The highest BCUT2D eigenvalue weighted by molar-refractivity contribution is 7.89. The van der Waals surface area contributed by atoms with Gasteiger partial charge in [0.25, 0.3) is 0 Å². The summed E-state index contributed by atoms with van der Waals surface area (Å²) in [4.78, 5) is 24.4. The van der Waals surface area contributed by atoms with Crippen LogP contribution < -0.4 is 5.32 Å². The van der Waals surface area contributed by atoms with Crippen LogP contribution >= 0.6 is 0 Å². The molecule has 0 aliphatic carbocycles. The largest absolute Gasteiger partial charge is 0.351 e. The topological polar surface area (TPSA) is 83.6 Å². The lowest BCUT2D eigenvalue weighted by Crippen LogP contribution is -2.45. The van der Waals surface area contributed by atoms with Crippen LogP contribution in [-0.2, 0) is 21.4 Å². The van der Waals surface area contributed by atoms with Gasteiger partial charge in [-0.05, 0) is 66.8 Å². The number of rotatable bonds is 7. The third-order valence-electron chi connectivity index (χ3n) is 5.95. The van der Waals surface area contributed by atoms with Gasteiger partial charge in [-0.15, -0.1) is 0 Å². The second kappa shape index (κ2) is 9.87. The van der Waals surface area contributed by atoms with Crippen molar-refractivity contribution < 1.29 is 22.4 Å². The second-order valence-corrected chi connectivity index (χ2v) is 10.2. The lowest BCUT2D eigenvalue weighted by Gasteiger charge is -2.23. The van der Waals surface area contributed by atoms with Crippen LogP contribution in [0.2, 0.25) is 0 Å². The Balaban J connectivity index is 1.44. The first-order chi connectivity index (χ1) is 16.3. The first kappa shape index (κ1) is 23.8. The van der Waals surface area contributed by atoms with E-state index in [9.17, 15) is 22.4 Å². The number of carbonyl (C=O) groups is 2. The molecule has 1 heterocycles. The van der Waals surface area contributed by atoms with E-state index >= 15 is 0 Å². The summed E-state index contributed by atoms with van der Waals surface area (Å²) < 4.78 is 40.4. The van der Waals surface area contributed by atoms with Crippen molar-refractivity contribution in [3.8, 4) is 11.1 Å². The van der Waals surface area contributed by atoms with Crippen molar-refractivity contribution in [3.05, 3.63) is 89.7 Å². The fraction of sp³-hybridized carbons (Fsp3) is 0.231. The van der Waals surface area contributed by atoms with Gasteiger partial charge in [-0.1, -0.05) is 42.5 Å². The molecule has 8 heteroatoms. The molecule has 0 unspecified atom stereocenters. The highest BCUT2D eigenvalue weighted by Gasteiger charge is 2.39. The van der Waals surface area contributed by atoms with Crippen LogP contribution in [-0.4, -0.2) is 37.0 Å². The van der Waals surface area contributed by atoms with Gasteiger partial charge < -0.3 is 5.32 Å². The van der Waals surface area contributed by atoms with E-state index in [0.717, 1.165) is 28.8 Å². The standard InChI is InChI=1S/C26H25FN2O4S/c1-18(30)20-7-9-21(10-8-20)22-5-2-4-19(16-22)17-28-26(31)25-6-3-15-29(25)34(32,33)24-13-11-23(27)12-14-24/h2,4-5,7-14,16,25H,3,6,15,17H2,1H3,(H,28,31)/t25-/m0/s1. The van der Waals surface area contributed by atoms with Gasteiger partial charge in [-0.3, -0.25) is 9.59 Å². The first-order valence-corrected chi connectivity index (χ1v) is 12.4. The molecule has 176 valence electrons. The Hall–Kier alpha value is -3.36. The van der Waals surface area contributed by atoms with Crippen molar-refractivity contribution >= 4 is 21.7 Å². The molecule has 0 spiro atoms. The number of halogens is 1. The molecule has 1 amide bonds. The summed E-state index contributed by atoms with van der Waals surface area (Å²) in [5.41, 5.74) is 3.41. The summed E-state index contributed by atoms with van der Waals surface area (Å²) in [6.45, 7) is 2.01. The van der Waals surface area contributed by atoms with E-state index in [0.29, 0.717) is 18.4 Å². The molecular weight excluding hydrogens is 455 g/mol. The molecule has 1 atom stereocenters. The van der Waals surface area contributed by atoms with Crippen LogP contribution in [0.4, 0.5) is 4.39 Å². The summed E-state index contributed by atoms with van der Waals surface area (Å²) in [6, 6.07) is 18.8. The zero-order valence-corrected chi connectivity index (χ0v) is 19.5. The fourth-order valence-corrected chi connectivity index (χ4v) is 5.75. The molecule has 4 rings (SSSR count). The van der Waals surface area contributed by atoms with E-state index in [-0.39, 0.29) is 29.7 Å². The number of sulfonamides is 1. The lowest BCUT2D eigenvalue weighted by molar-refractivity contribution is -0.124. The number of carbonyl (C=O) groups excluding carboxylic acids is 2. The van der Waals surface area contributed by atoms with E-state index in [1.807, 2.05) is 36.4 Å². The maximum atomic E-state index is 13.2. The summed E-state index contributed by atoms with van der Waals surface area (Å²) in [5.74, 6) is -0.878. The van der Waals surface area contributed by atoms with Gasteiger partial charge in [0.1, 0.15) is 11.9 Å². The Kier molecular flexibility index (Phi) is 6.90. The van der Waals surface area contributed by atoms with Crippen molar-refractivity contribution in [1.82, 2.24) is 9.62 Å². The van der Waals surface area contributed by atoms with Gasteiger partial charge in [0.2, 0.25) is 15.9 Å². The molecule has 1 N–H and O–H groups in total. The molecule has 0 saturated carbocycles. The number of hydrogen-bond acceptors (Lipinski definition) is 4. The zero-order chi connectivity index (χ0) is 24.3. The predicted molar refractivity (Wildman–Crippen MR) is 127 cm³/mol. The van der Waals surface area contributed by atoms with E-state index in [1.165, 1.54) is 23.4 Å². The quantitative estimate of drug-likeness (QED) is 0.515. The Morgan fingerprint density at radius 2 is 1.71 bits per heavy atom. The minimum absolute atomic E-state index is 0.00501. The van der Waals surface area contributed by atoms with Crippen molar-refractivity contribution in [2.45, 2.75) is 37.2 Å². The molecule has 1 aliphatic rings. The number of hydrogen-bond donors (Lipinski definition) is 1. The molecule has 3 aromatic carbocycles. The van der Waals surface area contributed by atoms with Gasteiger partial charge in [0, 0.05) is 18.7 Å². The van der Waals surface area contributed by atoms with Crippen molar-refractivity contribution in [2.75, 3.05) is 6.54 Å². The van der Waals surface area contributed by atoms with Gasteiger partial charge >= 0.3 is 0 Å². The van der Waals surface area contributed by atoms with Crippen LogP contribution in [0.5, 0.6) is 0 Å². The van der Waals surface area contributed by atoms with E-state index < -0.39 is 21.9 Å². The van der Waals surface area contributed by atoms with Crippen molar-refractivity contribution in [2.24, 2.45) is 0 Å². The Bertz CT molecular complexity index is 1310. The Labute approximate surface area is 198 Å². The Morgan fingerprint density at radius 3 is 2.38 bits per heavy atom. The van der Waals surface area contributed by atoms with Gasteiger partial charge in [-0.25, -0.2) is 12.8 Å². The molecular formula is C26H25FN2O4S. The van der Waals surface area contributed by atoms with Crippen LogP contribution in [0.1, 0.15) is 35.7 Å². The molecule has 34 heavy (non-hydrogen) atoms. The molecule has 0 bridgehead atoms. The van der Waals surface area contributed by atoms with E-state index in [2.05, 4.69) is 5.32 Å². The molecule has 0 aromatic heterocycles. The van der Waals surface area contributed by atoms with Gasteiger partial charge in [0.05, 0.1) is 4.90 Å². The normalized spacial score (nSPS) is 16.4. The summed E-state index contributed by atoms with van der Waals surface area (Å²) >= 11 is 0. The molecule has 1 aliphatic heterocycles. The van der Waals surface area contributed by atoms with Gasteiger partial charge in [-0.2, -0.15) is 4.31 Å². The second-order valence-electron chi connectivity index (χ2n) is 8.28. The minimum Gasteiger partial charge on any atom is -0.351 e. The number of Topliss-reactive ketones (excluding diaryl/α,β-unsaturated/α-hetero) is 1. The third kappa shape index (κ3) is 5.08. The third-order valence-corrected chi connectivity index (χ3v) is 7.87. The van der Waals surface area contributed by atoms with Crippen molar-refractivity contribution in [1.29, 1.82) is 0 Å².